The van der Waals surface area contributed by atoms with E-state index in [4.69, 9.17) is 9.47 Å². The third kappa shape index (κ3) is 3.77. The van der Waals surface area contributed by atoms with E-state index in [1.807, 2.05) is 44.2 Å². The average Bonchev–Trinajstić information content (AvgIpc) is 3.56. The van der Waals surface area contributed by atoms with E-state index in [1.54, 1.807) is 6.08 Å². The van der Waals surface area contributed by atoms with Gasteiger partial charge in [-0.05, 0) is 73.5 Å². The Balaban J connectivity index is 1.43. The van der Waals surface area contributed by atoms with Gasteiger partial charge in [0.1, 0.15) is 11.7 Å². The molecule has 5 nitrogen and oxygen atoms in total. The summed E-state index contributed by atoms with van der Waals surface area (Å²) >= 11 is 0. The Kier molecular flexibility index (Phi) is 5.45. The summed E-state index contributed by atoms with van der Waals surface area (Å²) in [6, 6.07) is 9.56. The smallest absolute Gasteiger partial charge is 0.331 e. The highest BCUT2D eigenvalue weighted by atomic mass is 16.6. The summed E-state index contributed by atoms with van der Waals surface area (Å²) in [5.74, 6) is -0.608. The van der Waals surface area contributed by atoms with E-state index in [1.165, 1.54) is 6.08 Å². The fourth-order valence-electron chi connectivity index (χ4n) is 6.83. The first-order valence-electron chi connectivity index (χ1n) is 12.5. The van der Waals surface area contributed by atoms with E-state index in [-0.39, 0.29) is 29.6 Å². The zero-order valence-corrected chi connectivity index (χ0v) is 20.8. The highest BCUT2D eigenvalue weighted by Gasteiger charge is 2.70. The number of ether oxygens (including phenoxy) is 2. The molecule has 0 spiro atoms. The van der Waals surface area contributed by atoms with Gasteiger partial charge < -0.3 is 14.6 Å². The first kappa shape index (κ1) is 23.5. The standard InChI is InChI=1S/C29H36O5/c1-17-15-21-20(27(21,3)4)13-14-28(5)26(34-28)23-24(18(2)16-29(23,32)25(17)31)33-22(30)12-11-19-9-7-6-8-10-19/h6-12,15,18,20-21,23-24,26,32H,13-14,16H2,1-5H3. The number of Topliss-reactive ketones (excluding diaryl/α,β-unsaturated/α-hetero) is 1. The summed E-state index contributed by atoms with van der Waals surface area (Å²) < 4.78 is 12.2. The van der Waals surface area contributed by atoms with Crippen molar-refractivity contribution in [2.45, 2.75) is 77.3 Å². The van der Waals surface area contributed by atoms with Gasteiger partial charge >= 0.3 is 5.97 Å². The molecule has 182 valence electrons. The van der Waals surface area contributed by atoms with E-state index in [0.717, 1.165) is 18.4 Å². The Morgan fingerprint density at radius 1 is 1.21 bits per heavy atom. The van der Waals surface area contributed by atoms with Gasteiger partial charge in [-0.25, -0.2) is 4.79 Å². The molecule has 34 heavy (non-hydrogen) atoms. The van der Waals surface area contributed by atoms with Crippen molar-refractivity contribution in [2.24, 2.45) is 29.1 Å². The van der Waals surface area contributed by atoms with Gasteiger partial charge in [-0.2, -0.15) is 0 Å². The summed E-state index contributed by atoms with van der Waals surface area (Å²) in [5, 5.41) is 11.9. The quantitative estimate of drug-likeness (QED) is 0.397. The monoisotopic (exact) mass is 464 g/mol. The number of hydrogen-bond acceptors (Lipinski definition) is 5. The lowest BCUT2D eigenvalue weighted by Gasteiger charge is -2.31. The summed E-state index contributed by atoms with van der Waals surface area (Å²) in [4.78, 5) is 26.4. The molecule has 4 aliphatic rings. The second kappa shape index (κ2) is 7.89. The number of ketones is 1. The Hall–Kier alpha value is -2.24. The molecule has 0 aromatic heterocycles. The Labute approximate surface area is 202 Å². The summed E-state index contributed by atoms with van der Waals surface area (Å²) in [7, 11) is 0. The molecular formula is C29H36O5. The molecule has 1 aliphatic heterocycles. The third-order valence-corrected chi connectivity index (χ3v) is 9.10. The van der Waals surface area contributed by atoms with Crippen molar-refractivity contribution in [2.75, 3.05) is 0 Å². The molecule has 5 heteroatoms. The molecule has 2 saturated carbocycles. The van der Waals surface area contributed by atoms with Crippen molar-refractivity contribution in [1.82, 2.24) is 0 Å². The van der Waals surface area contributed by atoms with Crippen LogP contribution in [-0.4, -0.2) is 40.3 Å². The fourth-order valence-corrected chi connectivity index (χ4v) is 6.83. The molecule has 3 aliphatic carbocycles. The number of rotatable bonds is 3. The maximum absolute atomic E-state index is 13.7. The van der Waals surface area contributed by atoms with Crippen LogP contribution >= 0.6 is 0 Å². The number of fused-ring (bicyclic) bond motifs is 4. The number of allylic oxidation sites excluding steroid dienone is 1. The zero-order valence-electron chi connectivity index (χ0n) is 20.8. The molecule has 1 N–H and O–H groups in total. The van der Waals surface area contributed by atoms with Gasteiger partial charge in [0.25, 0.3) is 0 Å². The minimum Gasteiger partial charge on any atom is -0.458 e. The molecule has 0 radical (unpaired) electrons. The van der Waals surface area contributed by atoms with Gasteiger partial charge in [0.2, 0.25) is 0 Å². The van der Waals surface area contributed by atoms with Crippen molar-refractivity contribution >= 4 is 17.8 Å². The lowest BCUT2D eigenvalue weighted by Crippen LogP contribution is -2.49. The number of carbonyl (C=O) groups is 2. The molecule has 3 fully saturated rings. The van der Waals surface area contributed by atoms with E-state index in [9.17, 15) is 14.7 Å². The van der Waals surface area contributed by atoms with E-state index in [2.05, 4.69) is 26.8 Å². The Morgan fingerprint density at radius 2 is 1.91 bits per heavy atom. The van der Waals surface area contributed by atoms with Crippen molar-refractivity contribution in [3.8, 4) is 0 Å². The van der Waals surface area contributed by atoms with Gasteiger partial charge in [-0.1, -0.05) is 57.2 Å². The van der Waals surface area contributed by atoms with Crippen LogP contribution in [0.4, 0.5) is 0 Å². The van der Waals surface area contributed by atoms with Gasteiger partial charge in [0, 0.05) is 6.08 Å². The van der Waals surface area contributed by atoms with Crippen molar-refractivity contribution in [3.05, 3.63) is 53.6 Å². The molecule has 5 rings (SSSR count). The van der Waals surface area contributed by atoms with Crippen LogP contribution < -0.4 is 0 Å². The molecule has 8 atom stereocenters. The highest BCUT2D eigenvalue weighted by Crippen LogP contribution is 2.64. The second-order valence-corrected chi connectivity index (χ2v) is 11.8. The van der Waals surface area contributed by atoms with Crippen LogP contribution in [0.3, 0.4) is 0 Å². The summed E-state index contributed by atoms with van der Waals surface area (Å²) in [6.45, 7) is 10.3. The number of hydrogen-bond donors (Lipinski definition) is 1. The fraction of sp³-hybridized carbons (Fsp3) is 0.586. The van der Waals surface area contributed by atoms with Crippen molar-refractivity contribution in [3.63, 3.8) is 0 Å². The van der Waals surface area contributed by atoms with Crippen LogP contribution in [-0.2, 0) is 19.1 Å². The molecule has 1 saturated heterocycles. The normalized spacial score (nSPS) is 42.6. The SMILES string of the molecule is CC1=CC2C(CCC3(C)OC3C3C(OC(=O)C=Cc4ccccc4)C(C)CC3(O)C1=O)C2(C)C. The van der Waals surface area contributed by atoms with Gasteiger partial charge in [0.05, 0.1) is 17.6 Å². The molecular weight excluding hydrogens is 428 g/mol. The van der Waals surface area contributed by atoms with Crippen molar-refractivity contribution < 1.29 is 24.2 Å². The predicted molar refractivity (Wildman–Crippen MR) is 130 cm³/mol. The molecule has 1 heterocycles. The van der Waals surface area contributed by atoms with E-state index in [0.29, 0.717) is 17.4 Å². The lowest BCUT2D eigenvalue weighted by atomic mass is 9.77. The molecule has 1 aromatic carbocycles. The zero-order chi connectivity index (χ0) is 24.5. The number of benzene rings is 1. The maximum Gasteiger partial charge on any atom is 0.331 e. The first-order chi connectivity index (χ1) is 16.0. The Bertz CT molecular complexity index is 1060. The van der Waals surface area contributed by atoms with Gasteiger partial charge in [0.15, 0.2) is 5.78 Å². The minimum absolute atomic E-state index is 0.162. The molecule has 0 amide bonds. The van der Waals surface area contributed by atoms with Crippen molar-refractivity contribution in [1.29, 1.82) is 0 Å². The lowest BCUT2D eigenvalue weighted by molar-refractivity contribution is -0.153. The maximum atomic E-state index is 13.7. The van der Waals surface area contributed by atoms with Crippen LogP contribution in [0.15, 0.2) is 48.1 Å². The predicted octanol–water partition coefficient (Wildman–Crippen LogP) is 4.74. The highest BCUT2D eigenvalue weighted by molar-refractivity contribution is 6.02. The number of carbonyl (C=O) groups excluding carboxylic acids is 2. The molecule has 0 bridgehead atoms. The molecule has 8 unspecified atom stereocenters. The topological polar surface area (TPSA) is 76.1 Å². The average molecular weight is 465 g/mol. The minimum atomic E-state index is -1.60. The van der Waals surface area contributed by atoms with Gasteiger partial charge in [-0.15, -0.1) is 0 Å². The van der Waals surface area contributed by atoms with E-state index >= 15 is 0 Å². The van der Waals surface area contributed by atoms with E-state index < -0.39 is 29.2 Å². The number of aliphatic hydroxyl groups is 1. The van der Waals surface area contributed by atoms with Crippen LogP contribution in [0, 0.1) is 29.1 Å². The third-order valence-electron chi connectivity index (χ3n) is 9.10. The van der Waals surface area contributed by atoms with Crippen LogP contribution in [0.5, 0.6) is 0 Å². The van der Waals surface area contributed by atoms with Gasteiger partial charge in [-0.3, -0.25) is 4.79 Å². The van der Waals surface area contributed by atoms with Crippen LogP contribution in [0.2, 0.25) is 0 Å². The Morgan fingerprint density at radius 3 is 2.62 bits per heavy atom. The van der Waals surface area contributed by atoms with Crippen LogP contribution in [0.25, 0.3) is 6.08 Å². The summed E-state index contributed by atoms with van der Waals surface area (Å²) in [5.41, 5.74) is -0.332. The largest absolute Gasteiger partial charge is 0.458 e. The molecule has 1 aromatic rings. The number of epoxide rings is 1. The number of esters is 1. The van der Waals surface area contributed by atoms with Crippen LogP contribution in [0.1, 0.15) is 59.4 Å². The second-order valence-electron chi connectivity index (χ2n) is 11.8. The first-order valence-corrected chi connectivity index (χ1v) is 12.5. The summed E-state index contributed by atoms with van der Waals surface area (Å²) in [6.07, 6.45) is 6.47.